The van der Waals surface area contributed by atoms with E-state index in [-0.39, 0.29) is 0 Å². The van der Waals surface area contributed by atoms with E-state index in [0.717, 1.165) is 24.7 Å². The van der Waals surface area contributed by atoms with E-state index in [1.54, 1.807) is 0 Å². The first kappa shape index (κ1) is 14.5. The van der Waals surface area contributed by atoms with Gasteiger partial charge >= 0.3 is 0 Å². The standard InChI is InChI=1S/C15H27N3O/c1-15(2,3)12-5-4-6-13(8-7-12)16-10-9-14-17-11-19-18-14/h11-13,16H,4-10H2,1-3H3. The van der Waals surface area contributed by atoms with Gasteiger partial charge in [-0.1, -0.05) is 32.3 Å². The molecule has 1 fully saturated rings. The zero-order chi connectivity index (χ0) is 13.7. The van der Waals surface area contributed by atoms with E-state index in [2.05, 4.69) is 36.2 Å². The molecule has 1 aromatic heterocycles. The topological polar surface area (TPSA) is 51.0 Å². The van der Waals surface area contributed by atoms with Crippen LogP contribution in [0.3, 0.4) is 0 Å². The first-order valence-electron chi connectivity index (χ1n) is 7.54. The number of nitrogens with zero attached hydrogens (tertiary/aromatic N) is 2. The predicted molar refractivity (Wildman–Crippen MR) is 75.8 cm³/mol. The Morgan fingerprint density at radius 1 is 1.26 bits per heavy atom. The van der Waals surface area contributed by atoms with Crippen molar-refractivity contribution in [2.24, 2.45) is 11.3 Å². The van der Waals surface area contributed by atoms with Crippen LogP contribution in [0.4, 0.5) is 0 Å². The second-order valence-electron chi connectivity index (χ2n) is 6.82. The predicted octanol–water partition coefficient (Wildman–Crippen LogP) is 3.20. The van der Waals surface area contributed by atoms with Gasteiger partial charge in [-0.05, 0) is 37.0 Å². The summed E-state index contributed by atoms with van der Waals surface area (Å²) >= 11 is 0. The molecule has 1 aliphatic rings. The molecule has 0 amide bonds. The molecule has 108 valence electrons. The summed E-state index contributed by atoms with van der Waals surface area (Å²) in [5, 5.41) is 7.49. The molecular weight excluding hydrogens is 238 g/mol. The quantitative estimate of drug-likeness (QED) is 0.849. The normalized spacial score (nSPS) is 25.2. The van der Waals surface area contributed by atoms with Crippen molar-refractivity contribution in [3.05, 3.63) is 12.2 Å². The van der Waals surface area contributed by atoms with E-state index in [0.29, 0.717) is 11.5 Å². The highest BCUT2D eigenvalue weighted by Crippen LogP contribution is 2.36. The van der Waals surface area contributed by atoms with E-state index in [1.165, 1.54) is 38.5 Å². The third-order valence-electron chi connectivity index (χ3n) is 4.38. The molecule has 0 saturated heterocycles. The second-order valence-corrected chi connectivity index (χ2v) is 6.82. The first-order chi connectivity index (χ1) is 9.05. The van der Waals surface area contributed by atoms with Gasteiger partial charge in [0, 0.05) is 19.0 Å². The van der Waals surface area contributed by atoms with Gasteiger partial charge in [0.05, 0.1) is 0 Å². The third-order valence-corrected chi connectivity index (χ3v) is 4.38. The van der Waals surface area contributed by atoms with Crippen molar-refractivity contribution >= 4 is 0 Å². The molecule has 0 aromatic carbocycles. The fourth-order valence-electron chi connectivity index (χ4n) is 3.06. The summed E-state index contributed by atoms with van der Waals surface area (Å²) in [5.41, 5.74) is 0.458. The Morgan fingerprint density at radius 3 is 2.79 bits per heavy atom. The molecular formula is C15H27N3O. The van der Waals surface area contributed by atoms with Gasteiger partial charge in [-0.3, -0.25) is 0 Å². The van der Waals surface area contributed by atoms with E-state index in [1.807, 2.05) is 0 Å². The molecule has 2 atom stereocenters. The van der Waals surface area contributed by atoms with Crippen molar-refractivity contribution in [1.29, 1.82) is 0 Å². The van der Waals surface area contributed by atoms with Crippen molar-refractivity contribution in [1.82, 2.24) is 15.5 Å². The lowest BCUT2D eigenvalue weighted by Gasteiger charge is -2.29. The van der Waals surface area contributed by atoms with Gasteiger partial charge in [0.2, 0.25) is 6.39 Å². The van der Waals surface area contributed by atoms with Crippen LogP contribution in [0, 0.1) is 11.3 Å². The molecule has 2 unspecified atom stereocenters. The zero-order valence-corrected chi connectivity index (χ0v) is 12.5. The minimum Gasteiger partial charge on any atom is -0.343 e. The SMILES string of the molecule is CC(C)(C)C1CCCC(NCCc2ncon2)CC1. The molecule has 0 radical (unpaired) electrons. The van der Waals surface area contributed by atoms with E-state index in [9.17, 15) is 0 Å². The average Bonchev–Trinajstić information content (AvgIpc) is 2.72. The van der Waals surface area contributed by atoms with Gasteiger partial charge in [-0.25, -0.2) is 0 Å². The van der Waals surface area contributed by atoms with Crippen LogP contribution < -0.4 is 5.32 Å². The van der Waals surface area contributed by atoms with Gasteiger partial charge in [0.15, 0.2) is 5.82 Å². The summed E-state index contributed by atoms with van der Waals surface area (Å²) in [5.74, 6) is 1.67. The molecule has 1 saturated carbocycles. The Bertz CT molecular complexity index is 356. The minimum absolute atomic E-state index is 0.458. The van der Waals surface area contributed by atoms with Crippen LogP contribution in [0.1, 0.15) is 58.7 Å². The lowest BCUT2D eigenvalue weighted by atomic mass is 9.76. The maximum atomic E-state index is 4.74. The summed E-state index contributed by atoms with van der Waals surface area (Å²) in [6.07, 6.45) is 8.94. The van der Waals surface area contributed by atoms with E-state index in [4.69, 9.17) is 4.52 Å². The maximum absolute atomic E-state index is 4.74. The molecule has 0 bridgehead atoms. The smallest absolute Gasteiger partial charge is 0.213 e. The highest BCUT2D eigenvalue weighted by molar-refractivity contribution is 4.83. The summed E-state index contributed by atoms with van der Waals surface area (Å²) < 4.78 is 4.74. The highest BCUT2D eigenvalue weighted by atomic mass is 16.5. The molecule has 1 aromatic rings. The number of hydrogen-bond acceptors (Lipinski definition) is 4. The van der Waals surface area contributed by atoms with Gasteiger partial charge in [-0.2, -0.15) is 4.98 Å². The largest absolute Gasteiger partial charge is 0.343 e. The van der Waals surface area contributed by atoms with Gasteiger partial charge in [0.1, 0.15) is 0 Å². The Balaban J connectivity index is 1.71. The van der Waals surface area contributed by atoms with Crippen LogP contribution in [0.2, 0.25) is 0 Å². The summed E-state index contributed by atoms with van der Waals surface area (Å²) in [6.45, 7) is 8.08. The molecule has 4 nitrogen and oxygen atoms in total. The lowest BCUT2D eigenvalue weighted by molar-refractivity contribution is 0.213. The molecule has 2 rings (SSSR count). The number of rotatable bonds is 4. The Labute approximate surface area is 116 Å². The van der Waals surface area contributed by atoms with Crippen molar-refractivity contribution in [2.75, 3.05) is 6.54 Å². The second kappa shape index (κ2) is 6.51. The van der Waals surface area contributed by atoms with Crippen molar-refractivity contribution in [2.45, 2.75) is 65.3 Å². The highest BCUT2D eigenvalue weighted by Gasteiger charge is 2.27. The maximum Gasteiger partial charge on any atom is 0.213 e. The number of nitrogens with one attached hydrogen (secondary N) is 1. The van der Waals surface area contributed by atoms with Crippen LogP contribution in [-0.2, 0) is 6.42 Å². The molecule has 4 heteroatoms. The molecule has 1 aliphatic carbocycles. The van der Waals surface area contributed by atoms with Crippen molar-refractivity contribution < 1.29 is 4.52 Å². The Morgan fingerprint density at radius 2 is 2.11 bits per heavy atom. The van der Waals surface area contributed by atoms with Gasteiger partial charge in [0.25, 0.3) is 0 Å². The zero-order valence-electron chi connectivity index (χ0n) is 12.5. The molecule has 19 heavy (non-hydrogen) atoms. The van der Waals surface area contributed by atoms with Crippen LogP contribution in [0.25, 0.3) is 0 Å². The molecule has 1 N–H and O–H groups in total. The summed E-state index contributed by atoms with van der Waals surface area (Å²) in [6, 6.07) is 0.666. The van der Waals surface area contributed by atoms with Crippen molar-refractivity contribution in [3.8, 4) is 0 Å². The molecule has 0 spiro atoms. The van der Waals surface area contributed by atoms with Crippen molar-refractivity contribution in [3.63, 3.8) is 0 Å². The third kappa shape index (κ3) is 4.60. The van der Waals surface area contributed by atoms with Gasteiger partial charge in [-0.15, -0.1) is 0 Å². The lowest BCUT2D eigenvalue weighted by Crippen LogP contribution is -2.30. The summed E-state index contributed by atoms with van der Waals surface area (Å²) in [4.78, 5) is 4.04. The van der Waals surface area contributed by atoms with Crippen LogP contribution in [0.15, 0.2) is 10.9 Å². The monoisotopic (exact) mass is 265 g/mol. The summed E-state index contributed by atoms with van der Waals surface area (Å²) in [7, 11) is 0. The van der Waals surface area contributed by atoms with Crippen LogP contribution in [0.5, 0.6) is 0 Å². The Kier molecular flexibility index (Phi) is 4.97. The average molecular weight is 265 g/mol. The fraction of sp³-hybridized carbons (Fsp3) is 0.867. The van der Waals surface area contributed by atoms with Crippen LogP contribution >= 0.6 is 0 Å². The Hall–Kier alpha value is -0.900. The van der Waals surface area contributed by atoms with Gasteiger partial charge < -0.3 is 9.84 Å². The number of aromatic nitrogens is 2. The van der Waals surface area contributed by atoms with Crippen LogP contribution in [-0.4, -0.2) is 22.7 Å². The molecule has 1 heterocycles. The van der Waals surface area contributed by atoms with E-state index < -0.39 is 0 Å². The minimum atomic E-state index is 0.458. The fourth-order valence-corrected chi connectivity index (χ4v) is 3.06. The number of hydrogen-bond donors (Lipinski definition) is 1. The van der Waals surface area contributed by atoms with E-state index >= 15 is 0 Å². The molecule has 0 aliphatic heterocycles. The first-order valence-corrected chi connectivity index (χ1v) is 7.54.